The molecule has 2 rings (SSSR count). The van der Waals surface area contributed by atoms with Crippen LogP contribution in [0.4, 0.5) is 5.95 Å². The summed E-state index contributed by atoms with van der Waals surface area (Å²) in [5, 5.41) is 3.55. The molecule has 1 N–H and O–H groups in total. The summed E-state index contributed by atoms with van der Waals surface area (Å²) in [5.74, 6) is 2.13. The van der Waals surface area contributed by atoms with Crippen molar-refractivity contribution in [1.29, 1.82) is 0 Å². The zero-order valence-electron chi connectivity index (χ0n) is 13.9. The van der Waals surface area contributed by atoms with Gasteiger partial charge >= 0.3 is 0 Å². The van der Waals surface area contributed by atoms with Crippen molar-refractivity contribution >= 4 is 5.95 Å². The van der Waals surface area contributed by atoms with Gasteiger partial charge in [0.1, 0.15) is 0 Å². The molecular weight excluding hydrogens is 262 g/mol. The molecule has 1 heterocycles. The van der Waals surface area contributed by atoms with Gasteiger partial charge in [0.25, 0.3) is 0 Å². The standard InChI is InChI=1S/C17H29N3O/c1-5-15(14-9-7-6-8-10-14)19-17-18-13(4)11-16(20-17)21-12(2)3/h11-12,14-15H,5-10H2,1-4H3,(H,18,19,20). The van der Waals surface area contributed by atoms with E-state index in [1.807, 2.05) is 26.8 Å². The number of nitrogens with zero attached hydrogens (tertiary/aromatic N) is 2. The zero-order chi connectivity index (χ0) is 15.2. The maximum atomic E-state index is 5.71. The second kappa shape index (κ2) is 7.62. The quantitative estimate of drug-likeness (QED) is 0.846. The molecule has 0 bridgehead atoms. The number of nitrogens with one attached hydrogen (secondary N) is 1. The molecule has 0 amide bonds. The Hall–Kier alpha value is -1.32. The second-order valence-corrected chi connectivity index (χ2v) is 6.39. The third kappa shape index (κ3) is 4.87. The first-order valence-corrected chi connectivity index (χ1v) is 8.37. The Labute approximate surface area is 128 Å². The van der Waals surface area contributed by atoms with Crippen molar-refractivity contribution in [3.8, 4) is 5.88 Å². The molecule has 4 nitrogen and oxygen atoms in total. The lowest BCUT2D eigenvalue weighted by Gasteiger charge is -2.30. The zero-order valence-corrected chi connectivity index (χ0v) is 13.9. The highest BCUT2D eigenvalue weighted by Gasteiger charge is 2.23. The van der Waals surface area contributed by atoms with Gasteiger partial charge in [-0.05, 0) is 46.0 Å². The van der Waals surface area contributed by atoms with Gasteiger partial charge in [0.2, 0.25) is 11.8 Å². The molecule has 21 heavy (non-hydrogen) atoms. The molecule has 0 aliphatic heterocycles. The lowest BCUT2D eigenvalue weighted by molar-refractivity contribution is 0.232. The van der Waals surface area contributed by atoms with Crippen LogP contribution in [0.5, 0.6) is 5.88 Å². The Bertz CT molecular complexity index is 442. The molecule has 1 aliphatic rings. The van der Waals surface area contributed by atoms with E-state index in [1.165, 1.54) is 32.1 Å². The summed E-state index contributed by atoms with van der Waals surface area (Å²) in [6, 6.07) is 2.37. The average Bonchev–Trinajstić information content (AvgIpc) is 2.44. The van der Waals surface area contributed by atoms with E-state index in [2.05, 4.69) is 22.2 Å². The van der Waals surface area contributed by atoms with Crippen LogP contribution < -0.4 is 10.1 Å². The van der Waals surface area contributed by atoms with E-state index < -0.39 is 0 Å². The topological polar surface area (TPSA) is 47.0 Å². The maximum absolute atomic E-state index is 5.71. The predicted octanol–water partition coefficient (Wildman–Crippen LogP) is 4.34. The van der Waals surface area contributed by atoms with Crippen LogP contribution in [0.25, 0.3) is 0 Å². The first kappa shape index (κ1) is 16.1. The van der Waals surface area contributed by atoms with Crippen LogP contribution in [0, 0.1) is 12.8 Å². The van der Waals surface area contributed by atoms with Crippen molar-refractivity contribution in [2.75, 3.05) is 5.32 Å². The summed E-state index contributed by atoms with van der Waals surface area (Å²) < 4.78 is 5.71. The van der Waals surface area contributed by atoms with E-state index in [1.54, 1.807) is 0 Å². The van der Waals surface area contributed by atoms with Gasteiger partial charge in [-0.15, -0.1) is 0 Å². The third-order valence-corrected chi connectivity index (χ3v) is 4.16. The predicted molar refractivity (Wildman–Crippen MR) is 86.8 cm³/mol. The fraction of sp³-hybridized carbons (Fsp3) is 0.765. The van der Waals surface area contributed by atoms with Crippen LogP contribution in [0.3, 0.4) is 0 Å². The lowest BCUT2D eigenvalue weighted by atomic mass is 9.83. The Balaban J connectivity index is 2.07. The van der Waals surface area contributed by atoms with Crippen LogP contribution in [0.2, 0.25) is 0 Å². The smallest absolute Gasteiger partial charge is 0.226 e. The van der Waals surface area contributed by atoms with Crippen LogP contribution in [-0.2, 0) is 0 Å². The average molecular weight is 291 g/mol. The summed E-state index contributed by atoms with van der Waals surface area (Å²) >= 11 is 0. The fourth-order valence-corrected chi connectivity index (χ4v) is 3.16. The molecule has 118 valence electrons. The highest BCUT2D eigenvalue weighted by Crippen LogP contribution is 2.29. The second-order valence-electron chi connectivity index (χ2n) is 6.39. The van der Waals surface area contributed by atoms with Crippen molar-refractivity contribution in [1.82, 2.24) is 9.97 Å². The van der Waals surface area contributed by atoms with Gasteiger partial charge < -0.3 is 10.1 Å². The summed E-state index contributed by atoms with van der Waals surface area (Å²) in [4.78, 5) is 9.03. The Kier molecular flexibility index (Phi) is 5.83. The lowest BCUT2D eigenvalue weighted by Crippen LogP contribution is -2.31. The molecule has 0 radical (unpaired) electrons. The normalized spacial score (nSPS) is 17.8. The minimum Gasteiger partial charge on any atom is -0.475 e. The van der Waals surface area contributed by atoms with Crippen molar-refractivity contribution in [3.63, 3.8) is 0 Å². The molecule has 1 aromatic heterocycles. The Morgan fingerprint density at radius 2 is 1.95 bits per heavy atom. The highest BCUT2D eigenvalue weighted by molar-refractivity contribution is 5.32. The van der Waals surface area contributed by atoms with Gasteiger partial charge in [-0.2, -0.15) is 4.98 Å². The van der Waals surface area contributed by atoms with Crippen LogP contribution in [-0.4, -0.2) is 22.1 Å². The minimum atomic E-state index is 0.132. The minimum absolute atomic E-state index is 0.132. The number of hydrogen-bond acceptors (Lipinski definition) is 4. The van der Waals surface area contributed by atoms with Gasteiger partial charge in [-0.25, -0.2) is 4.98 Å². The number of anilines is 1. The molecule has 0 aromatic carbocycles. The number of rotatable bonds is 6. The number of ether oxygens (including phenoxy) is 1. The van der Waals surface area contributed by atoms with Crippen LogP contribution >= 0.6 is 0 Å². The summed E-state index contributed by atoms with van der Waals surface area (Å²) in [6.45, 7) is 8.26. The summed E-state index contributed by atoms with van der Waals surface area (Å²) in [7, 11) is 0. The molecule has 0 spiro atoms. The molecule has 0 saturated heterocycles. The molecule has 1 aliphatic carbocycles. The molecule has 1 atom stereocenters. The number of aromatic nitrogens is 2. The third-order valence-electron chi connectivity index (χ3n) is 4.16. The fourth-order valence-electron chi connectivity index (χ4n) is 3.16. The molecule has 1 fully saturated rings. The molecule has 1 saturated carbocycles. The van der Waals surface area contributed by atoms with Gasteiger partial charge in [0.15, 0.2) is 0 Å². The molecule has 4 heteroatoms. The van der Waals surface area contributed by atoms with Gasteiger partial charge in [-0.3, -0.25) is 0 Å². The first-order valence-electron chi connectivity index (χ1n) is 8.37. The molecular formula is C17H29N3O. The van der Waals surface area contributed by atoms with E-state index in [0.29, 0.717) is 17.9 Å². The van der Waals surface area contributed by atoms with E-state index in [-0.39, 0.29) is 6.10 Å². The van der Waals surface area contributed by atoms with E-state index in [4.69, 9.17) is 4.74 Å². The van der Waals surface area contributed by atoms with Crippen molar-refractivity contribution in [2.24, 2.45) is 5.92 Å². The van der Waals surface area contributed by atoms with Gasteiger partial charge in [0, 0.05) is 17.8 Å². The number of hydrogen-bond donors (Lipinski definition) is 1. The monoisotopic (exact) mass is 291 g/mol. The van der Waals surface area contributed by atoms with E-state index in [0.717, 1.165) is 18.0 Å². The molecule has 1 unspecified atom stereocenters. The molecule has 1 aromatic rings. The highest BCUT2D eigenvalue weighted by atomic mass is 16.5. The first-order chi connectivity index (χ1) is 10.1. The van der Waals surface area contributed by atoms with Crippen LogP contribution in [0.1, 0.15) is 65.0 Å². The Morgan fingerprint density at radius 1 is 1.24 bits per heavy atom. The van der Waals surface area contributed by atoms with Crippen molar-refractivity contribution in [3.05, 3.63) is 11.8 Å². The van der Waals surface area contributed by atoms with Crippen LogP contribution in [0.15, 0.2) is 6.07 Å². The maximum Gasteiger partial charge on any atom is 0.226 e. The van der Waals surface area contributed by atoms with Crippen molar-refractivity contribution in [2.45, 2.75) is 78.4 Å². The van der Waals surface area contributed by atoms with Crippen molar-refractivity contribution < 1.29 is 4.74 Å². The van der Waals surface area contributed by atoms with E-state index >= 15 is 0 Å². The van der Waals surface area contributed by atoms with Gasteiger partial charge in [-0.1, -0.05) is 26.2 Å². The SMILES string of the molecule is CCC(Nc1nc(C)cc(OC(C)C)n1)C1CCCCC1. The Morgan fingerprint density at radius 3 is 2.57 bits per heavy atom. The largest absolute Gasteiger partial charge is 0.475 e. The summed E-state index contributed by atoms with van der Waals surface area (Å²) in [6.07, 6.45) is 8.01. The summed E-state index contributed by atoms with van der Waals surface area (Å²) in [5.41, 5.74) is 0.946. The van der Waals surface area contributed by atoms with E-state index in [9.17, 15) is 0 Å². The number of aryl methyl sites for hydroxylation is 1. The van der Waals surface area contributed by atoms with Gasteiger partial charge in [0.05, 0.1) is 6.10 Å².